The molecule has 3 aromatic heterocycles. The van der Waals surface area contributed by atoms with Crippen molar-refractivity contribution in [1.82, 2.24) is 65.4 Å². The van der Waals surface area contributed by atoms with Crippen LogP contribution in [0.4, 0.5) is 17.8 Å². The largest absolute Gasteiger partial charge is 0.396 e. The zero-order valence-electron chi connectivity index (χ0n) is 52.8. The number of unbranched alkanes of at least 4 members (excludes halogenated alkanes) is 16. The van der Waals surface area contributed by atoms with E-state index in [2.05, 4.69) is 52.3 Å². The quantitative estimate of drug-likeness (QED) is 0.0342. The standard InChI is InChI=1S/C61H105N17O9S/c1-3-41-85-43-45-87-46-44-86-42-31-65-59-66-60(75-36-32-73(33-37-75)55(81)24-18-12-8-4-6-10-14-21-29-63-57(83)53(27-47-88-2)77-49-52(26-40-79)70-71-77)68-61(67-59)76-38-34-74(35-39-76)56(82)25-19-13-9-5-7-11-15-22-30-64-58(84)54(50-80)78-48-51(69-72-78)23-17-16-20-28-62/h1,48-49,53-54,79-80H,4-47,50,62H2,2H3,(H,63,83)(H,64,84)(H,65,66,67,68)/t53-,54-/m1/s1. The Morgan fingerprint density at radius 1 is 0.591 bits per heavy atom. The highest BCUT2D eigenvalue weighted by atomic mass is 32.2. The SMILES string of the molecule is C#CCOCCOCCOCCNc1nc(N2CCN(C(=O)CCCCCCCCCCNC(=O)[C@@H](CO)n3cc(CCCCCN)nn3)CC2)nc(N2CCN(C(=O)CCCCCCCCCCNC(=O)[C@@H](CCSC)n3cc(CCO)nn3)CC2)n1. The van der Waals surface area contributed by atoms with E-state index in [1.807, 2.05) is 16.1 Å². The average molecular weight is 1250 g/mol. The Labute approximate surface area is 526 Å². The van der Waals surface area contributed by atoms with Crippen molar-refractivity contribution in [3.63, 3.8) is 0 Å². The normalized spacial score (nSPS) is 14.3. The van der Waals surface area contributed by atoms with Crippen molar-refractivity contribution in [2.45, 2.75) is 166 Å². The average Bonchev–Trinajstić information content (AvgIpc) is 3.70. The van der Waals surface area contributed by atoms with E-state index in [0.717, 1.165) is 140 Å². The summed E-state index contributed by atoms with van der Waals surface area (Å²) in [6, 6.07) is -1.20. The summed E-state index contributed by atoms with van der Waals surface area (Å²) in [4.78, 5) is 75.3. The van der Waals surface area contributed by atoms with E-state index >= 15 is 0 Å². The number of piperazine rings is 2. The van der Waals surface area contributed by atoms with Crippen molar-refractivity contribution in [2.24, 2.45) is 5.73 Å². The molecule has 0 aromatic carbocycles. The first kappa shape index (κ1) is 73.0. The van der Waals surface area contributed by atoms with Crippen molar-refractivity contribution in [3.05, 3.63) is 23.8 Å². The highest BCUT2D eigenvalue weighted by Crippen LogP contribution is 2.22. The number of hydrogen-bond donors (Lipinski definition) is 6. The third kappa shape index (κ3) is 28.8. The zero-order valence-corrected chi connectivity index (χ0v) is 53.6. The first-order valence-electron chi connectivity index (χ1n) is 32.7. The van der Waals surface area contributed by atoms with E-state index < -0.39 is 12.1 Å². The van der Waals surface area contributed by atoms with Crippen LogP contribution in [0.15, 0.2) is 12.4 Å². The zero-order chi connectivity index (χ0) is 62.7. The van der Waals surface area contributed by atoms with Crippen molar-refractivity contribution < 1.29 is 43.6 Å². The topological polar surface area (TPSA) is 312 Å². The van der Waals surface area contributed by atoms with Gasteiger partial charge in [-0.15, -0.1) is 16.6 Å². The summed E-state index contributed by atoms with van der Waals surface area (Å²) in [6.07, 6.45) is 33.0. The van der Waals surface area contributed by atoms with Gasteiger partial charge in [0.05, 0.1) is 51.0 Å². The number of amides is 4. The second-order valence-corrected chi connectivity index (χ2v) is 23.6. The molecule has 88 heavy (non-hydrogen) atoms. The molecule has 2 aliphatic rings. The second-order valence-electron chi connectivity index (χ2n) is 22.6. The van der Waals surface area contributed by atoms with Crippen LogP contribution in [0.3, 0.4) is 0 Å². The van der Waals surface area contributed by atoms with Crippen molar-refractivity contribution in [1.29, 1.82) is 0 Å². The lowest BCUT2D eigenvalue weighted by Crippen LogP contribution is -2.50. The predicted molar refractivity (Wildman–Crippen MR) is 342 cm³/mol. The molecular formula is C61H105N17O9S. The lowest BCUT2D eigenvalue weighted by molar-refractivity contribution is -0.132. The highest BCUT2D eigenvalue weighted by Gasteiger charge is 2.28. The van der Waals surface area contributed by atoms with Gasteiger partial charge in [-0.05, 0) is 69.9 Å². The maximum Gasteiger partial charge on any atom is 0.247 e. The van der Waals surface area contributed by atoms with Crippen LogP contribution in [0.2, 0.25) is 0 Å². The molecule has 2 atom stereocenters. The summed E-state index contributed by atoms with van der Waals surface area (Å²) in [5.41, 5.74) is 7.06. The van der Waals surface area contributed by atoms with Gasteiger partial charge in [-0.25, -0.2) is 9.36 Å². The third-order valence-electron chi connectivity index (χ3n) is 15.8. The van der Waals surface area contributed by atoms with Gasteiger partial charge in [0.15, 0.2) is 6.04 Å². The molecule has 494 valence electrons. The molecule has 27 heteroatoms. The molecular weight excluding hydrogens is 1150 g/mol. The van der Waals surface area contributed by atoms with Gasteiger partial charge >= 0.3 is 0 Å². The number of ether oxygens (including phenoxy) is 3. The molecule has 2 saturated heterocycles. The van der Waals surface area contributed by atoms with Crippen LogP contribution in [0.25, 0.3) is 0 Å². The number of aromatic nitrogens is 9. The van der Waals surface area contributed by atoms with E-state index in [1.165, 1.54) is 4.68 Å². The maximum absolute atomic E-state index is 13.4. The summed E-state index contributed by atoms with van der Waals surface area (Å²) >= 11 is 1.69. The molecule has 0 saturated carbocycles. The van der Waals surface area contributed by atoms with E-state index in [0.29, 0.717) is 161 Å². The molecule has 26 nitrogen and oxygen atoms in total. The van der Waals surface area contributed by atoms with Crippen LogP contribution in [0.5, 0.6) is 0 Å². The number of aryl methyl sites for hydroxylation is 1. The van der Waals surface area contributed by atoms with Crippen LogP contribution in [-0.2, 0) is 46.2 Å². The van der Waals surface area contributed by atoms with Crippen molar-refractivity contribution >= 4 is 53.2 Å². The van der Waals surface area contributed by atoms with Gasteiger partial charge in [0.1, 0.15) is 12.6 Å². The highest BCUT2D eigenvalue weighted by molar-refractivity contribution is 7.98. The molecule has 0 spiro atoms. The minimum atomic E-state index is -0.791. The molecule has 2 fully saturated rings. The number of thioether (sulfide) groups is 1. The van der Waals surface area contributed by atoms with Crippen LogP contribution in [-0.4, -0.2) is 232 Å². The smallest absolute Gasteiger partial charge is 0.247 e. The number of nitrogens with one attached hydrogen (secondary N) is 3. The molecule has 5 heterocycles. The van der Waals surface area contributed by atoms with Gasteiger partial charge in [0.2, 0.25) is 41.5 Å². The Hall–Kier alpha value is -5.76. The second kappa shape index (κ2) is 45.5. The lowest BCUT2D eigenvalue weighted by atomic mass is 10.1. The van der Waals surface area contributed by atoms with Crippen LogP contribution >= 0.6 is 11.8 Å². The van der Waals surface area contributed by atoms with Crippen molar-refractivity contribution in [3.8, 4) is 12.3 Å². The van der Waals surface area contributed by atoms with Crippen molar-refractivity contribution in [2.75, 3.05) is 159 Å². The number of nitrogens with two attached hydrogens (primary N) is 1. The fourth-order valence-electron chi connectivity index (χ4n) is 10.5. The molecule has 0 bridgehead atoms. The molecule has 3 aromatic rings. The third-order valence-corrected chi connectivity index (χ3v) is 16.4. The van der Waals surface area contributed by atoms with Gasteiger partial charge in [0.25, 0.3) is 0 Å². The first-order valence-corrected chi connectivity index (χ1v) is 34.1. The van der Waals surface area contributed by atoms with E-state index in [-0.39, 0.29) is 43.4 Å². The van der Waals surface area contributed by atoms with E-state index in [4.69, 9.17) is 41.3 Å². The number of aliphatic hydroxyl groups is 2. The van der Waals surface area contributed by atoms with Gasteiger partial charge in [-0.2, -0.15) is 26.7 Å². The summed E-state index contributed by atoms with van der Waals surface area (Å²) in [6.45, 7) is 9.10. The summed E-state index contributed by atoms with van der Waals surface area (Å²) in [5.74, 6) is 4.88. The molecule has 2 aliphatic heterocycles. The fourth-order valence-corrected chi connectivity index (χ4v) is 11.0. The minimum absolute atomic E-state index is 0.00649. The molecule has 7 N–H and O–H groups in total. The molecule has 4 amide bonds. The van der Waals surface area contributed by atoms with Gasteiger partial charge in [0, 0.05) is 110 Å². The van der Waals surface area contributed by atoms with Gasteiger partial charge in [-0.1, -0.05) is 99.8 Å². The number of rotatable bonds is 50. The minimum Gasteiger partial charge on any atom is -0.396 e. The van der Waals surface area contributed by atoms with Crippen LogP contribution < -0.4 is 31.5 Å². The number of carbonyl (C=O) groups excluding carboxylic acids is 4. The number of anilines is 3. The summed E-state index contributed by atoms with van der Waals surface area (Å²) < 4.78 is 19.6. The fraction of sp³-hybridized carbons (Fsp3) is 0.787. The molecule has 0 aliphatic carbocycles. The molecule has 0 radical (unpaired) electrons. The van der Waals surface area contributed by atoms with E-state index in [9.17, 15) is 29.4 Å². The monoisotopic (exact) mass is 1250 g/mol. The molecule has 5 rings (SSSR count). The number of aliphatic hydroxyl groups excluding tert-OH is 2. The molecule has 0 unspecified atom stereocenters. The Morgan fingerprint density at radius 3 is 1.56 bits per heavy atom. The van der Waals surface area contributed by atoms with Crippen LogP contribution in [0, 0.1) is 12.3 Å². The maximum atomic E-state index is 13.4. The Bertz CT molecular complexity index is 2420. The number of hydrogen-bond acceptors (Lipinski definition) is 21. The summed E-state index contributed by atoms with van der Waals surface area (Å²) in [5, 5.41) is 45.0. The Balaban J connectivity index is 0.948. The Kier molecular flexibility index (Phi) is 37.7. The van der Waals surface area contributed by atoms with Gasteiger partial charge < -0.3 is 65.7 Å². The van der Waals surface area contributed by atoms with E-state index in [1.54, 1.807) is 28.8 Å². The number of terminal acetylenes is 1. The predicted octanol–water partition coefficient (Wildman–Crippen LogP) is 4.14. The van der Waals surface area contributed by atoms with Crippen LogP contribution in [0.1, 0.15) is 165 Å². The Morgan fingerprint density at radius 2 is 1.06 bits per heavy atom. The first-order chi connectivity index (χ1) is 43.2. The van der Waals surface area contributed by atoms with Gasteiger partial charge in [-0.3, -0.25) is 19.2 Å². The summed E-state index contributed by atoms with van der Waals surface area (Å²) in [7, 11) is 0. The number of carbonyl (C=O) groups is 4. The number of nitrogens with zero attached hydrogens (tertiary/aromatic N) is 13. The lowest BCUT2D eigenvalue weighted by Gasteiger charge is -2.36.